The number of aromatic nitrogens is 3. The molecule has 0 spiro atoms. The summed E-state index contributed by atoms with van der Waals surface area (Å²) in [4.78, 5) is 13.6. The zero-order valence-electron chi connectivity index (χ0n) is 14.3. The number of hydrogen-bond acceptors (Lipinski definition) is 5. The first-order chi connectivity index (χ1) is 12.8. The molecule has 132 valence electrons. The molecular weight excluding hydrogens is 364 g/mol. The van der Waals surface area contributed by atoms with Gasteiger partial charge in [-0.25, -0.2) is 0 Å². The summed E-state index contributed by atoms with van der Waals surface area (Å²) >= 11 is 3.27. The van der Waals surface area contributed by atoms with Crippen molar-refractivity contribution in [3.8, 4) is 0 Å². The van der Waals surface area contributed by atoms with Crippen LogP contribution in [0.1, 0.15) is 28.0 Å². The van der Waals surface area contributed by atoms with Crippen LogP contribution in [0.4, 0.5) is 0 Å². The third kappa shape index (κ3) is 3.32. The van der Waals surface area contributed by atoms with E-state index in [0.29, 0.717) is 4.88 Å². The molecule has 0 radical (unpaired) electrons. The molecule has 5 nitrogen and oxygen atoms in total. The Bertz CT molecular complexity index is 1020. The van der Waals surface area contributed by atoms with E-state index in [2.05, 4.69) is 21.8 Å². The van der Waals surface area contributed by atoms with Crippen molar-refractivity contribution in [1.82, 2.24) is 19.9 Å². The van der Waals surface area contributed by atoms with Crippen molar-refractivity contribution in [3.63, 3.8) is 0 Å². The predicted molar refractivity (Wildman–Crippen MR) is 108 cm³/mol. The Balaban J connectivity index is 1.63. The van der Waals surface area contributed by atoms with Crippen molar-refractivity contribution in [1.29, 1.82) is 0 Å². The van der Waals surface area contributed by atoms with Crippen molar-refractivity contribution in [3.05, 3.63) is 65.4 Å². The molecule has 0 aliphatic heterocycles. The highest BCUT2D eigenvalue weighted by Crippen LogP contribution is 2.26. The maximum absolute atomic E-state index is 12.9. The van der Waals surface area contributed by atoms with Crippen LogP contribution >= 0.6 is 23.1 Å². The molecule has 4 aromatic rings. The second kappa shape index (κ2) is 7.47. The van der Waals surface area contributed by atoms with Gasteiger partial charge in [0.25, 0.3) is 5.91 Å². The average Bonchev–Trinajstić information content (AvgIpc) is 3.29. The fraction of sp³-hybridized carbons (Fsp3) is 0.211. The molecule has 0 bridgehead atoms. The topological polar surface area (TPSA) is 59.3 Å². The zero-order valence-corrected chi connectivity index (χ0v) is 15.9. The molecular formula is C19H18N4OS2. The minimum Gasteiger partial charge on any atom is -0.341 e. The quantitative estimate of drug-likeness (QED) is 0.544. The van der Waals surface area contributed by atoms with E-state index < -0.39 is 0 Å². The van der Waals surface area contributed by atoms with Crippen molar-refractivity contribution < 1.29 is 4.79 Å². The fourth-order valence-electron chi connectivity index (χ4n) is 2.92. The maximum Gasteiger partial charge on any atom is 0.261 e. The smallest absolute Gasteiger partial charge is 0.261 e. The normalized spacial score (nSPS) is 12.5. The molecule has 4 rings (SSSR count). The van der Waals surface area contributed by atoms with E-state index in [1.165, 1.54) is 11.3 Å². The van der Waals surface area contributed by atoms with Crippen molar-refractivity contribution in [2.24, 2.45) is 0 Å². The van der Waals surface area contributed by atoms with Gasteiger partial charge in [0.05, 0.1) is 10.9 Å². The fourth-order valence-corrected chi connectivity index (χ4v) is 4.36. The minimum absolute atomic E-state index is 0.0648. The number of hydrogen-bond donors (Lipinski definition) is 1. The van der Waals surface area contributed by atoms with Gasteiger partial charge in [0.2, 0.25) is 0 Å². The molecule has 3 aromatic heterocycles. The first-order valence-electron chi connectivity index (χ1n) is 8.34. The highest BCUT2D eigenvalue weighted by Gasteiger charge is 2.21. The van der Waals surface area contributed by atoms with Crippen molar-refractivity contribution in [2.45, 2.75) is 12.5 Å². The Hall–Kier alpha value is -2.38. The van der Waals surface area contributed by atoms with E-state index in [1.54, 1.807) is 11.8 Å². The van der Waals surface area contributed by atoms with Gasteiger partial charge in [0, 0.05) is 10.9 Å². The third-order valence-corrected chi connectivity index (χ3v) is 5.98. The molecule has 0 aliphatic carbocycles. The van der Waals surface area contributed by atoms with E-state index in [-0.39, 0.29) is 11.9 Å². The summed E-state index contributed by atoms with van der Waals surface area (Å²) in [6.07, 6.45) is 4.79. The van der Waals surface area contributed by atoms with E-state index in [0.717, 1.165) is 33.7 Å². The number of benzene rings is 1. The average molecular weight is 383 g/mol. The van der Waals surface area contributed by atoms with Gasteiger partial charge in [-0.3, -0.25) is 9.20 Å². The Morgan fingerprint density at radius 2 is 2.08 bits per heavy atom. The first-order valence-corrected chi connectivity index (χ1v) is 10.6. The molecule has 0 saturated carbocycles. The van der Waals surface area contributed by atoms with Gasteiger partial charge in [-0.15, -0.1) is 21.5 Å². The lowest BCUT2D eigenvalue weighted by molar-refractivity contribution is 0.0938. The van der Waals surface area contributed by atoms with E-state index >= 15 is 0 Å². The summed E-state index contributed by atoms with van der Waals surface area (Å²) in [6, 6.07) is 15.6. The molecule has 0 fully saturated rings. The summed E-state index contributed by atoms with van der Waals surface area (Å²) in [5, 5.41) is 12.8. The maximum atomic E-state index is 12.9. The lowest BCUT2D eigenvalue weighted by atomic mass is 10.2. The van der Waals surface area contributed by atoms with Gasteiger partial charge in [0.1, 0.15) is 0 Å². The molecule has 1 unspecified atom stereocenters. The number of thiophene rings is 1. The standard InChI is InChI=1S/C19H18N4OS2/c1-25-11-9-14(18-22-21-17-8-4-5-10-23(17)18)20-19(24)16-12-13-6-2-3-7-15(13)26-16/h2-8,10,12,14H,9,11H2,1H3,(H,20,24). The SMILES string of the molecule is CSCCC(NC(=O)c1cc2ccccc2s1)c1nnc2ccccn12. The number of thioether (sulfide) groups is 1. The molecule has 1 aromatic carbocycles. The van der Waals surface area contributed by atoms with E-state index in [9.17, 15) is 4.79 Å². The van der Waals surface area contributed by atoms with Crippen LogP contribution in [0.5, 0.6) is 0 Å². The van der Waals surface area contributed by atoms with E-state index in [1.807, 2.05) is 59.1 Å². The molecule has 0 aliphatic rings. The molecule has 0 saturated heterocycles. The number of nitrogens with one attached hydrogen (secondary N) is 1. The van der Waals surface area contributed by atoms with Crippen LogP contribution < -0.4 is 5.32 Å². The highest BCUT2D eigenvalue weighted by molar-refractivity contribution is 7.98. The molecule has 1 amide bonds. The summed E-state index contributed by atoms with van der Waals surface area (Å²) in [5.74, 6) is 1.63. The molecule has 26 heavy (non-hydrogen) atoms. The monoisotopic (exact) mass is 382 g/mol. The third-order valence-electron chi connectivity index (χ3n) is 4.22. The van der Waals surface area contributed by atoms with E-state index in [4.69, 9.17) is 0 Å². The summed E-state index contributed by atoms with van der Waals surface area (Å²) in [6.45, 7) is 0. The Kier molecular flexibility index (Phi) is 4.90. The van der Waals surface area contributed by atoms with Gasteiger partial charge < -0.3 is 5.32 Å². The van der Waals surface area contributed by atoms with Crippen LogP contribution in [0.15, 0.2) is 54.7 Å². The van der Waals surface area contributed by atoms with Crippen LogP contribution in [-0.4, -0.2) is 32.5 Å². The van der Waals surface area contributed by atoms with Crippen LogP contribution in [0, 0.1) is 0 Å². The van der Waals surface area contributed by atoms with Gasteiger partial charge >= 0.3 is 0 Å². The van der Waals surface area contributed by atoms with Gasteiger partial charge in [-0.1, -0.05) is 24.3 Å². The number of rotatable bonds is 6. The molecule has 3 heterocycles. The summed E-state index contributed by atoms with van der Waals surface area (Å²) < 4.78 is 3.06. The predicted octanol–water partition coefficient (Wildman–Crippen LogP) is 4.17. The number of nitrogens with zero attached hydrogens (tertiary/aromatic N) is 3. The zero-order chi connectivity index (χ0) is 17.9. The van der Waals surface area contributed by atoms with Gasteiger partial charge in [0.15, 0.2) is 11.5 Å². The molecule has 7 heteroatoms. The lowest BCUT2D eigenvalue weighted by Gasteiger charge is -2.16. The number of carbonyl (C=O) groups excluding carboxylic acids is 1. The Labute approximate surface area is 159 Å². The Morgan fingerprint density at radius 3 is 2.92 bits per heavy atom. The second-order valence-corrected chi connectivity index (χ2v) is 8.01. The van der Waals surface area contributed by atoms with Crippen LogP contribution in [0.25, 0.3) is 15.7 Å². The van der Waals surface area contributed by atoms with Crippen molar-refractivity contribution >= 4 is 44.7 Å². The summed E-state index contributed by atoms with van der Waals surface area (Å²) in [5.41, 5.74) is 0.785. The number of fused-ring (bicyclic) bond motifs is 2. The van der Waals surface area contributed by atoms with Crippen LogP contribution in [-0.2, 0) is 0 Å². The molecule has 1 N–H and O–H groups in total. The highest BCUT2D eigenvalue weighted by atomic mass is 32.2. The Morgan fingerprint density at radius 1 is 1.23 bits per heavy atom. The number of amides is 1. The first kappa shape index (κ1) is 17.1. The molecule has 1 atom stereocenters. The minimum atomic E-state index is -0.183. The number of pyridine rings is 1. The second-order valence-electron chi connectivity index (χ2n) is 5.94. The summed E-state index contributed by atoms with van der Waals surface area (Å²) in [7, 11) is 0. The number of carbonyl (C=O) groups is 1. The van der Waals surface area contributed by atoms with Gasteiger partial charge in [-0.05, 0) is 48.1 Å². The van der Waals surface area contributed by atoms with Crippen LogP contribution in [0.2, 0.25) is 0 Å². The van der Waals surface area contributed by atoms with Crippen molar-refractivity contribution in [2.75, 3.05) is 12.0 Å². The largest absolute Gasteiger partial charge is 0.341 e. The van der Waals surface area contributed by atoms with Gasteiger partial charge in [-0.2, -0.15) is 11.8 Å². The van der Waals surface area contributed by atoms with Crippen LogP contribution in [0.3, 0.4) is 0 Å². The lowest BCUT2D eigenvalue weighted by Crippen LogP contribution is -2.29.